The maximum absolute atomic E-state index is 12.2. The Labute approximate surface area is 140 Å². The number of hydrogen-bond acceptors (Lipinski definition) is 5. The summed E-state index contributed by atoms with van der Waals surface area (Å²) in [5.74, 6) is 6.01. The summed E-state index contributed by atoms with van der Waals surface area (Å²) in [6.07, 6.45) is 3.09. The van der Waals surface area contributed by atoms with Gasteiger partial charge in [-0.25, -0.2) is 9.78 Å². The lowest BCUT2D eigenvalue weighted by Gasteiger charge is -2.21. The maximum atomic E-state index is 12.2. The van der Waals surface area contributed by atoms with E-state index < -0.39 is 0 Å². The molecule has 2 aromatic rings. The van der Waals surface area contributed by atoms with Gasteiger partial charge in [-0.1, -0.05) is 12.8 Å². The summed E-state index contributed by atoms with van der Waals surface area (Å²) in [6, 6.07) is 5.79. The van der Waals surface area contributed by atoms with E-state index in [0.717, 1.165) is 42.6 Å². The quantitative estimate of drug-likeness (QED) is 0.638. The van der Waals surface area contributed by atoms with Crippen LogP contribution < -0.4 is 0 Å². The number of rotatable bonds is 4. The number of carbonyl (C=O) groups excluding carboxylic acids is 1. The van der Waals surface area contributed by atoms with Crippen LogP contribution >= 0.6 is 11.3 Å². The van der Waals surface area contributed by atoms with Crippen LogP contribution in [-0.4, -0.2) is 41.6 Å². The molecule has 0 bridgehead atoms. The first-order valence-corrected chi connectivity index (χ1v) is 8.86. The highest BCUT2D eigenvalue weighted by Crippen LogP contribution is 2.21. The molecule has 3 rings (SSSR count). The van der Waals surface area contributed by atoms with E-state index in [-0.39, 0.29) is 12.0 Å². The first kappa shape index (κ1) is 16.0. The van der Waals surface area contributed by atoms with Crippen LogP contribution in [-0.2, 0) is 4.74 Å². The molecule has 1 aromatic heterocycles. The number of hydrogen-bond donors (Lipinski definition) is 0. The van der Waals surface area contributed by atoms with Gasteiger partial charge in [0.1, 0.15) is 6.61 Å². The van der Waals surface area contributed by atoms with E-state index in [0.29, 0.717) is 12.2 Å². The van der Waals surface area contributed by atoms with Gasteiger partial charge in [-0.2, -0.15) is 0 Å². The van der Waals surface area contributed by atoms with Gasteiger partial charge in [0.25, 0.3) is 0 Å². The Kier molecular flexibility index (Phi) is 5.27. The van der Waals surface area contributed by atoms with Crippen LogP contribution in [0.25, 0.3) is 10.2 Å². The molecule has 1 aromatic carbocycles. The van der Waals surface area contributed by atoms with Crippen molar-refractivity contribution in [2.45, 2.75) is 32.2 Å². The van der Waals surface area contributed by atoms with E-state index in [4.69, 9.17) is 4.74 Å². The monoisotopic (exact) mass is 328 g/mol. The van der Waals surface area contributed by atoms with Gasteiger partial charge < -0.3 is 4.74 Å². The van der Waals surface area contributed by atoms with Gasteiger partial charge in [-0.3, -0.25) is 4.90 Å². The summed E-state index contributed by atoms with van der Waals surface area (Å²) >= 11 is 1.53. The Hall–Kier alpha value is -1.90. The maximum Gasteiger partial charge on any atom is 0.338 e. The standard InChI is InChI=1S/C18H20N2O2S/c1-2-3-4-9-20-10-5-6-15(20)12-22-18(21)14-7-8-16-17(11-14)23-13-19-16/h7-8,11,13,15H,2,5-6,9-10,12H2,1H3/t15-/m0/s1. The van der Waals surface area contributed by atoms with Crippen LogP contribution in [0.15, 0.2) is 23.7 Å². The van der Waals surface area contributed by atoms with E-state index in [9.17, 15) is 4.79 Å². The SMILES string of the molecule is CCC#CCN1CCC[C@H]1COC(=O)c1ccc2ncsc2c1. The average Bonchev–Trinajstić information content (AvgIpc) is 3.21. The van der Waals surface area contributed by atoms with Gasteiger partial charge in [-0.15, -0.1) is 17.3 Å². The van der Waals surface area contributed by atoms with Gasteiger partial charge in [-0.05, 0) is 37.6 Å². The van der Waals surface area contributed by atoms with Crippen LogP contribution in [0.1, 0.15) is 36.5 Å². The van der Waals surface area contributed by atoms with Crippen molar-refractivity contribution < 1.29 is 9.53 Å². The third kappa shape index (κ3) is 3.90. The van der Waals surface area contributed by atoms with E-state index in [1.165, 1.54) is 11.3 Å². The van der Waals surface area contributed by atoms with Crippen molar-refractivity contribution in [2.75, 3.05) is 19.7 Å². The number of aromatic nitrogens is 1. The zero-order chi connectivity index (χ0) is 16.1. The predicted molar refractivity (Wildman–Crippen MR) is 92.6 cm³/mol. The fourth-order valence-corrected chi connectivity index (χ4v) is 3.53. The highest BCUT2D eigenvalue weighted by atomic mass is 32.1. The number of nitrogens with zero attached hydrogens (tertiary/aromatic N) is 2. The molecule has 4 nitrogen and oxygen atoms in total. The zero-order valence-electron chi connectivity index (χ0n) is 13.2. The average molecular weight is 328 g/mol. The number of ether oxygens (including phenoxy) is 1. The Balaban J connectivity index is 1.57. The summed E-state index contributed by atoms with van der Waals surface area (Å²) < 4.78 is 6.54. The van der Waals surface area contributed by atoms with Gasteiger partial charge >= 0.3 is 5.97 Å². The second-order valence-corrected chi connectivity index (χ2v) is 6.49. The minimum atomic E-state index is -0.258. The normalized spacial score (nSPS) is 17.9. The molecule has 23 heavy (non-hydrogen) atoms. The molecule has 0 aliphatic carbocycles. The lowest BCUT2D eigenvalue weighted by atomic mass is 10.2. The minimum absolute atomic E-state index is 0.258. The predicted octanol–water partition coefficient (Wildman–Crippen LogP) is 3.33. The van der Waals surface area contributed by atoms with Crippen molar-refractivity contribution >= 4 is 27.5 Å². The minimum Gasteiger partial charge on any atom is -0.460 e. The van der Waals surface area contributed by atoms with Crippen molar-refractivity contribution in [1.82, 2.24) is 9.88 Å². The molecule has 5 heteroatoms. The van der Waals surface area contributed by atoms with Gasteiger partial charge in [0, 0.05) is 12.5 Å². The lowest BCUT2D eigenvalue weighted by Crippen LogP contribution is -2.34. The Morgan fingerprint density at radius 2 is 2.39 bits per heavy atom. The molecule has 1 aliphatic rings. The van der Waals surface area contributed by atoms with Gasteiger partial charge in [0.05, 0.1) is 27.8 Å². The highest BCUT2D eigenvalue weighted by molar-refractivity contribution is 7.16. The molecule has 0 unspecified atom stereocenters. The van der Waals surface area contributed by atoms with Crippen molar-refractivity contribution in [2.24, 2.45) is 0 Å². The van der Waals surface area contributed by atoms with E-state index in [1.807, 2.05) is 12.1 Å². The molecule has 0 saturated carbocycles. The van der Waals surface area contributed by atoms with Crippen molar-refractivity contribution in [3.63, 3.8) is 0 Å². The Morgan fingerprint density at radius 3 is 3.26 bits per heavy atom. The zero-order valence-corrected chi connectivity index (χ0v) is 14.1. The number of esters is 1. The fraction of sp³-hybridized carbons (Fsp3) is 0.444. The number of carbonyl (C=O) groups is 1. The van der Waals surface area contributed by atoms with Crippen LogP contribution in [0.3, 0.4) is 0 Å². The number of fused-ring (bicyclic) bond motifs is 1. The summed E-state index contributed by atoms with van der Waals surface area (Å²) in [5, 5.41) is 0. The van der Waals surface area contributed by atoms with Crippen LogP contribution in [0, 0.1) is 11.8 Å². The molecular weight excluding hydrogens is 308 g/mol. The molecule has 1 atom stereocenters. The number of thiazole rings is 1. The smallest absolute Gasteiger partial charge is 0.338 e. The summed E-state index contributed by atoms with van der Waals surface area (Å²) in [7, 11) is 0. The highest BCUT2D eigenvalue weighted by Gasteiger charge is 2.25. The molecule has 120 valence electrons. The molecular formula is C18H20N2O2S. The molecule has 0 N–H and O–H groups in total. The van der Waals surface area contributed by atoms with Crippen molar-refractivity contribution in [3.8, 4) is 11.8 Å². The second kappa shape index (κ2) is 7.58. The van der Waals surface area contributed by atoms with Crippen LogP contribution in [0.2, 0.25) is 0 Å². The largest absolute Gasteiger partial charge is 0.460 e. The number of likely N-dealkylation sites (tertiary alicyclic amines) is 1. The number of benzene rings is 1. The molecule has 1 saturated heterocycles. The van der Waals surface area contributed by atoms with Crippen LogP contribution in [0.5, 0.6) is 0 Å². The molecule has 0 radical (unpaired) electrons. The van der Waals surface area contributed by atoms with E-state index in [1.54, 1.807) is 11.6 Å². The van der Waals surface area contributed by atoms with Gasteiger partial charge in [0.2, 0.25) is 0 Å². The summed E-state index contributed by atoms with van der Waals surface area (Å²) in [5.41, 5.74) is 3.30. The molecule has 1 fully saturated rings. The van der Waals surface area contributed by atoms with Crippen molar-refractivity contribution in [3.05, 3.63) is 29.3 Å². The van der Waals surface area contributed by atoms with Crippen LogP contribution in [0.4, 0.5) is 0 Å². The molecule has 0 amide bonds. The Morgan fingerprint density at radius 1 is 1.48 bits per heavy atom. The lowest BCUT2D eigenvalue weighted by molar-refractivity contribution is 0.0407. The third-order valence-corrected chi connectivity index (χ3v) is 4.85. The van der Waals surface area contributed by atoms with Gasteiger partial charge in [0.15, 0.2) is 0 Å². The summed E-state index contributed by atoms with van der Waals surface area (Å²) in [4.78, 5) is 18.8. The fourth-order valence-electron chi connectivity index (χ4n) is 2.81. The molecule has 0 spiro atoms. The first-order valence-electron chi connectivity index (χ1n) is 7.98. The second-order valence-electron chi connectivity index (χ2n) is 5.61. The summed E-state index contributed by atoms with van der Waals surface area (Å²) in [6.45, 7) is 4.29. The topological polar surface area (TPSA) is 42.4 Å². The Bertz CT molecular complexity index is 744. The van der Waals surface area contributed by atoms with Crippen molar-refractivity contribution in [1.29, 1.82) is 0 Å². The first-order chi connectivity index (χ1) is 11.3. The third-order valence-electron chi connectivity index (χ3n) is 4.06. The molecule has 2 heterocycles. The van der Waals surface area contributed by atoms with E-state index >= 15 is 0 Å². The van der Waals surface area contributed by atoms with E-state index in [2.05, 4.69) is 28.6 Å². The molecule has 1 aliphatic heterocycles.